The van der Waals surface area contributed by atoms with E-state index in [1.807, 2.05) is 32.2 Å². The van der Waals surface area contributed by atoms with Gasteiger partial charge in [0.1, 0.15) is 17.5 Å². The molecule has 2 aromatic rings. The molecule has 6 heteroatoms. The summed E-state index contributed by atoms with van der Waals surface area (Å²) >= 11 is 8.26. The lowest BCUT2D eigenvalue weighted by molar-refractivity contribution is 0.775. The van der Waals surface area contributed by atoms with Gasteiger partial charge in [-0.1, -0.05) is 25.4 Å². The van der Waals surface area contributed by atoms with Crippen molar-refractivity contribution >= 4 is 51.5 Å². The first-order valence-electron chi connectivity index (χ1n) is 6.70. The quantitative estimate of drug-likeness (QED) is 0.692. The third-order valence-corrected chi connectivity index (χ3v) is 4.23. The molecule has 0 unspecified atom stereocenters. The van der Waals surface area contributed by atoms with Crippen molar-refractivity contribution in [2.24, 2.45) is 0 Å². The van der Waals surface area contributed by atoms with Crippen molar-refractivity contribution in [3.05, 3.63) is 38.2 Å². The number of hydrogen-bond acceptors (Lipinski definition) is 4. The summed E-state index contributed by atoms with van der Waals surface area (Å²) in [7, 11) is 1.87. The smallest absolute Gasteiger partial charge is 0.139 e. The van der Waals surface area contributed by atoms with Crippen LogP contribution in [0.25, 0.3) is 0 Å². The minimum atomic E-state index is 0.266. The minimum Gasteiger partial charge on any atom is -0.373 e. The Balaban J connectivity index is 2.45. The summed E-state index contributed by atoms with van der Waals surface area (Å²) in [6, 6.07) is 5.74. The second kappa shape index (κ2) is 6.79. The molecule has 21 heavy (non-hydrogen) atoms. The summed E-state index contributed by atoms with van der Waals surface area (Å²) in [5.41, 5.74) is 1.98. The molecule has 0 fully saturated rings. The van der Waals surface area contributed by atoms with Gasteiger partial charge in [-0.2, -0.15) is 0 Å². The Bertz CT molecular complexity index is 658. The van der Waals surface area contributed by atoms with E-state index in [0.717, 1.165) is 37.3 Å². The van der Waals surface area contributed by atoms with Crippen LogP contribution in [-0.2, 0) is 0 Å². The Kier molecular flexibility index (Phi) is 5.27. The topological polar surface area (TPSA) is 49.8 Å². The van der Waals surface area contributed by atoms with E-state index in [2.05, 4.69) is 57.0 Å². The van der Waals surface area contributed by atoms with Gasteiger partial charge in [0.05, 0.1) is 5.69 Å². The molecule has 0 radical (unpaired) electrons. The zero-order chi connectivity index (χ0) is 15.6. The molecule has 0 saturated heterocycles. The molecular formula is C15H18ClIN4. The Morgan fingerprint density at radius 1 is 1.19 bits per heavy atom. The average Bonchev–Trinajstić information content (AvgIpc) is 2.43. The normalized spacial score (nSPS) is 10.8. The van der Waals surface area contributed by atoms with Crippen LogP contribution < -0.4 is 10.6 Å². The second-order valence-electron chi connectivity index (χ2n) is 5.06. The lowest BCUT2D eigenvalue weighted by Gasteiger charge is -2.16. The third-order valence-electron chi connectivity index (χ3n) is 3.10. The lowest BCUT2D eigenvalue weighted by Crippen LogP contribution is -2.08. The third kappa shape index (κ3) is 3.77. The molecule has 0 aliphatic heterocycles. The number of aromatic nitrogens is 2. The Morgan fingerprint density at radius 2 is 1.86 bits per heavy atom. The maximum Gasteiger partial charge on any atom is 0.139 e. The molecule has 0 bridgehead atoms. The molecule has 2 N–H and O–H groups in total. The number of nitrogens with one attached hydrogen (secondary N) is 2. The fourth-order valence-electron chi connectivity index (χ4n) is 1.88. The fraction of sp³-hybridized carbons (Fsp3) is 0.333. The van der Waals surface area contributed by atoms with Crippen LogP contribution in [-0.4, -0.2) is 17.0 Å². The predicted octanol–water partition coefficient (Wildman–Crippen LogP) is 4.95. The van der Waals surface area contributed by atoms with Crippen LogP contribution >= 0.6 is 34.2 Å². The van der Waals surface area contributed by atoms with Gasteiger partial charge in [-0.25, -0.2) is 9.97 Å². The lowest BCUT2D eigenvalue weighted by atomic mass is 10.2. The predicted molar refractivity (Wildman–Crippen MR) is 97.9 cm³/mol. The van der Waals surface area contributed by atoms with Crippen molar-refractivity contribution in [2.75, 3.05) is 17.7 Å². The van der Waals surface area contributed by atoms with Crippen molar-refractivity contribution < 1.29 is 0 Å². The van der Waals surface area contributed by atoms with E-state index in [4.69, 9.17) is 11.6 Å². The van der Waals surface area contributed by atoms with E-state index < -0.39 is 0 Å². The van der Waals surface area contributed by atoms with Crippen LogP contribution in [0.4, 0.5) is 17.3 Å². The van der Waals surface area contributed by atoms with Crippen molar-refractivity contribution in [3.8, 4) is 0 Å². The van der Waals surface area contributed by atoms with Crippen molar-refractivity contribution in [1.82, 2.24) is 9.97 Å². The molecule has 112 valence electrons. The standard InChI is InChI=1S/C15H18ClIN4/c1-8(2)13-20-14(18-4)9(3)15(21-13)19-12-6-5-10(16)7-11(12)17/h5-8H,1-4H3,(H2,18,19,20,21). The highest BCUT2D eigenvalue weighted by molar-refractivity contribution is 14.1. The summed E-state index contributed by atoms with van der Waals surface area (Å²) in [6.07, 6.45) is 0. The van der Waals surface area contributed by atoms with Gasteiger partial charge in [-0.3, -0.25) is 0 Å². The van der Waals surface area contributed by atoms with Gasteiger partial charge in [-0.05, 0) is 47.7 Å². The van der Waals surface area contributed by atoms with Crippen molar-refractivity contribution in [3.63, 3.8) is 0 Å². The van der Waals surface area contributed by atoms with Crippen molar-refractivity contribution in [2.45, 2.75) is 26.7 Å². The largest absolute Gasteiger partial charge is 0.373 e. The van der Waals surface area contributed by atoms with Gasteiger partial charge in [0.25, 0.3) is 0 Å². The maximum absolute atomic E-state index is 6.00. The highest BCUT2D eigenvalue weighted by Gasteiger charge is 2.13. The molecule has 1 aromatic heterocycles. The molecule has 0 aliphatic rings. The highest BCUT2D eigenvalue weighted by Crippen LogP contribution is 2.29. The number of anilines is 3. The summed E-state index contributed by atoms with van der Waals surface area (Å²) in [4.78, 5) is 9.18. The number of halogens is 2. The van der Waals surface area contributed by atoms with E-state index in [-0.39, 0.29) is 5.92 Å². The van der Waals surface area contributed by atoms with Gasteiger partial charge in [0.2, 0.25) is 0 Å². The molecule has 0 atom stereocenters. The number of benzene rings is 1. The summed E-state index contributed by atoms with van der Waals surface area (Å²) < 4.78 is 1.05. The van der Waals surface area contributed by atoms with Crippen LogP contribution in [0.2, 0.25) is 5.02 Å². The Hall–Kier alpha value is -1.08. The van der Waals surface area contributed by atoms with Gasteiger partial charge in [0, 0.05) is 27.1 Å². The van der Waals surface area contributed by atoms with Crippen LogP contribution in [0.3, 0.4) is 0 Å². The Labute approximate surface area is 143 Å². The molecule has 2 rings (SSSR count). The first-order chi connectivity index (χ1) is 9.92. The Morgan fingerprint density at radius 3 is 2.43 bits per heavy atom. The summed E-state index contributed by atoms with van der Waals surface area (Å²) in [6.45, 7) is 6.17. The molecule has 0 saturated carbocycles. The zero-order valence-electron chi connectivity index (χ0n) is 12.5. The van der Waals surface area contributed by atoms with Crippen LogP contribution in [0, 0.1) is 10.5 Å². The molecular weight excluding hydrogens is 399 g/mol. The van der Waals surface area contributed by atoms with Crippen LogP contribution in [0.1, 0.15) is 31.2 Å². The van der Waals surface area contributed by atoms with Gasteiger partial charge in [0.15, 0.2) is 0 Å². The van der Waals surface area contributed by atoms with E-state index in [1.54, 1.807) is 0 Å². The van der Waals surface area contributed by atoms with Gasteiger partial charge in [-0.15, -0.1) is 0 Å². The molecule has 0 amide bonds. The van der Waals surface area contributed by atoms with Crippen LogP contribution in [0.15, 0.2) is 18.2 Å². The van der Waals surface area contributed by atoms with E-state index in [1.165, 1.54) is 0 Å². The molecule has 1 aromatic carbocycles. The minimum absolute atomic E-state index is 0.266. The zero-order valence-corrected chi connectivity index (χ0v) is 15.4. The monoisotopic (exact) mass is 416 g/mol. The van der Waals surface area contributed by atoms with Gasteiger partial charge >= 0.3 is 0 Å². The number of hydrogen-bond donors (Lipinski definition) is 2. The average molecular weight is 417 g/mol. The number of nitrogens with zero attached hydrogens (tertiary/aromatic N) is 2. The second-order valence-corrected chi connectivity index (χ2v) is 6.66. The molecule has 0 spiro atoms. The van der Waals surface area contributed by atoms with Crippen LogP contribution in [0.5, 0.6) is 0 Å². The van der Waals surface area contributed by atoms with E-state index in [0.29, 0.717) is 0 Å². The van der Waals surface area contributed by atoms with E-state index >= 15 is 0 Å². The number of rotatable bonds is 4. The molecule has 4 nitrogen and oxygen atoms in total. The maximum atomic E-state index is 6.00. The van der Waals surface area contributed by atoms with Crippen molar-refractivity contribution in [1.29, 1.82) is 0 Å². The first kappa shape index (κ1) is 16.3. The summed E-state index contributed by atoms with van der Waals surface area (Å²) in [5, 5.41) is 7.23. The van der Waals surface area contributed by atoms with Gasteiger partial charge < -0.3 is 10.6 Å². The summed E-state index contributed by atoms with van der Waals surface area (Å²) in [5.74, 6) is 2.75. The molecule has 1 heterocycles. The van der Waals surface area contributed by atoms with E-state index in [9.17, 15) is 0 Å². The molecule has 0 aliphatic carbocycles. The highest BCUT2D eigenvalue weighted by atomic mass is 127. The first-order valence-corrected chi connectivity index (χ1v) is 8.16. The fourth-order valence-corrected chi connectivity index (χ4v) is 2.88. The SMILES string of the molecule is CNc1nc(C(C)C)nc(Nc2ccc(Cl)cc2I)c1C.